The highest BCUT2D eigenvalue weighted by Crippen LogP contribution is 2.26. The average molecular weight is 389 g/mol. The third-order valence-electron chi connectivity index (χ3n) is 4.78. The number of para-hydroxylation sites is 1. The van der Waals surface area contributed by atoms with Crippen LogP contribution in [0.2, 0.25) is 5.02 Å². The van der Waals surface area contributed by atoms with E-state index in [4.69, 9.17) is 21.1 Å². The monoisotopic (exact) mass is 388 g/mol. The lowest BCUT2D eigenvalue weighted by Crippen LogP contribution is -2.52. The fraction of sp³-hybridized carbons (Fsp3) is 0.381. The van der Waals surface area contributed by atoms with Crippen molar-refractivity contribution < 1.29 is 14.3 Å². The van der Waals surface area contributed by atoms with Gasteiger partial charge in [-0.2, -0.15) is 0 Å². The molecule has 2 aromatic carbocycles. The number of piperazine rings is 1. The first-order chi connectivity index (χ1) is 13.1. The molecule has 0 aromatic heterocycles. The van der Waals surface area contributed by atoms with Crippen LogP contribution in [0.3, 0.4) is 0 Å². The fourth-order valence-electron chi connectivity index (χ4n) is 3.18. The van der Waals surface area contributed by atoms with Crippen LogP contribution in [0.1, 0.15) is 13.3 Å². The van der Waals surface area contributed by atoms with Gasteiger partial charge in [0.15, 0.2) is 6.10 Å². The molecule has 6 heteroatoms. The quantitative estimate of drug-likeness (QED) is 0.753. The Kier molecular flexibility index (Phi) is 6.45. The van der Waals surface area contributed by atoms with Crippen LogP contribution < -0.4 is 14.4 Å². The predicted octanol–water partition coefficient (Wildman–Crippen LogP) is 3.85. The van der Waals surface area contributed by atoms with Gasteiger partial charge in [0.25, 0.3) is 5.91 Å². The van der Waals surface area contributed by atoms with Gasteiger partial charge in [0, 0.05) is 31.9 Å². The molecule has 2 aromatic rings. The zero-order chi connectivity index (χ0) is 19.2. The lowest BCUT2D eigenvalue weighted by atomic mass is 10.2. The van der Waals surface area contributed by atoms with Crippen molar-refractivity contribution in [2.75, 3.05) is 38.2 Å². The second-order valence-electron chi connectivity index (χ2n) is 6.46. The number of ether oxygens (including phenoxy) is 2. The maximum absolute atomic E-state index is 12.9. The number of nitrogens with zero attached hydrogens (tertiary/aromatic N) is 2. The summed E-state index contributed by atoms with van der Waals surface area (Å²) in [5, 5.41) is 0.521. The van der Waals surface area contributed by atoms with Gasteiger partial charge in [0.2, 0.25) is 0 Å². The van der Waals surface area contributed by atoms with Crippen molar-refractivity contribution in [2.24, 2.45) is 0 Å². The highest BCUT2D eigenvalue weighted by Gasteiger charge is 2.28. The van der Waals surface area contributed by atoms with Crippen LogP contribution >= 0.6 is 11.6 Å². The molecule has 1 atom stereocenters. The molecule has 144 valence electrons. The molecule has 1 fully saturated rings. The number of carbonyl (C=O) groups is 1. The lowest BCUT2D eigenvalue weighted by Gasteiger charge is -2.37. The van der Waals surface area contributed by atoms with Crippen molar-refractivity contribution in [3.05, 3.63) is 53.6 Å². The normalized spacial score (nSPS) is 15.4. The minimum absolute atomic E-state index is 0.0202. The summed E-state index contributed by atoms with van der Waals surface area (Å²) in [6, 6.07) is 15.3. The Morgan fingerprint density at radius 2 is 1.74 bits per heavy atom. The topological polar surface area (TPSA) is 42.0 Å². The van der Waals surface area contributed by atoms with Gasteiger partial charge in [-0.1, -0.05) is 30.7 Å². The molecule has 1 heterocycles. The lowest BCUT2D eigenvalue weighted by molar-refractivity contribution is -0.139. The van der Waals surface area contributed by atoms with Crippen LogP contribution in [-0.2, 0) is 4.79 Å². The van der Waals surface area contributed by atoms with E-state index in [1.54, 1.807) is 19.2 Å². The summed E-state index contributed by atoms with van der Waals surface area (Å²) in [5.74, 6) is 1.41. The fourth-order valence-corrected chi connectivity index (χ4v) is 3.36. The van der Waals surface area contributed by atoms with Gasteiger partial charge in [0.05, 0.1) is 12.1 Å². The summed E-state index contributed by atoms with van der Waals surface area (Å²) in [4.78, 5) is 17.1. The van der Waals surface area contributed by atoms with Crippen molar-refractivity contribution in [3.63, 3.8) is 0 Å². The van der Waals surface area contributed by atoms with Gasteiger partial charge in [-0.25, -0.2) is 0 Å². The summed E-state index contributed by atoms with van der Waals surface area (Å²) in [5.41, 5.74) is 1.14. The zero-order valence-corrected chi connectivity index (χ0v) is 16.5. The molecular weight excluding hydrogens is 364 g/mol. The second kappa shape index (κ2) is 9.00. The molecule has 0 unspecified atom stereocenters. The molecule has 3 rings (SSSR count). The van der Waals surface area contributed by atoms with E-state index in [-0.39, 0.29) is 5.91 Å². The molecule has 0 aliphatic carbocycles. The van der Waals surface area contributed by atoms with E-state index in [0.29, 0.717) is 30.3 Å². The van der Waals surface area contributed by atoms with E-state index in [9.17, 15) is 4.79 Å². The number of methoxy groups -OCH3 is 1. The molecule has 27 heavy (non-hydrogen) atoms. The molecule has 1 saturated heterocycles. The first kappa shape index (κ1) is 19.4. The Hall–Kier alpha value is -2.40. The van der Waals surface area contributed by atoms with E-state index < -0.39 is 6.10 Å². The Bertz CT molecular complexity index is 758. The summed E-state index contributed by atoms with van der Waals surface area (Å²) in [6.07, 6.45) is 0.0837. The molecule has 0 bridgehead atoms. The van der Waals surface area contributed by atoms with E-state index in [2.05, 4.69) is 4.90 Å². The maximum Gasteiger partial charge on any atom is 0.263 e. The minimum atomic E-state index is -0.516. The van der Waals surface area contributed by atoms with Gasteiger partial charge in [-0.15, -0.1) is 0 Å². The smallest absolute Gasteiger partial charge is 0.263 e. The van der Waals surface area contributed by atoms with Crippen LogP contribution in [0.5, 0.6) is 11.5 Å². The molecular formula is C21H25ClN2O3. The van der Waals surface area contributed by atoms with E-state index in [1.165, 1.54) is 0 Å². The average Bonchev–Trinajstić information content (AvgIpc) is 2.73. The van der Waals surface area contributed by atoms with E-state index in [1.807, 2.05) is 48.2 Å². The second-order valence-corrected chi connectivity index (χ2v) is 6.86. The number of halogens is 1. The van der Waals surface area contributed by atoms with Gasteiger partial charge >= 0.3 is 0 Å². The summed E-state index contributed by atoms with van der Waals surface area (Å²) in [7, 11) is 1.66. The van der Waals surface area contributed by atoms with Gasteiger partial charge in [0.1, 0.15) is 11.5 Å². The number of rotatable bonds is 6. The Balaban J connectivity index is 1.58. The predicted molar refractivity (Wildman–Crippen MR) is 108 cm³/mol. The van der Waals surface area contributed by atoms with E-state index in [0.717, 1.165) is 24.5 Å². The first-order valence-electron chi connectivity index (χ1n) is 9.21. The summed E-state index contributed by atoms with van der Waals surface area (Å²) in [6.45, 7) is 4.88. The maximum atomic E-state index is 12.9. The van der Waals surface area contributed by atoms with Crippen LogP contribution in [0, 0.1) is 0 Å². The molecule has 1 aliphatic rings. The van der Waals surface area contributed by atoms with Gasteiger partial charge < -0.3 is 19.3 Å². The molecule has 0 N–H and O–H groups in total. The van der Waals surface area contributed by atoms with E-state index >= 15 is 0 Å². The third kappa shape index (κ3) is 4.66. The third-order valence-corrected chi connectivity index (χ3v) is 5.09. The SMILES string of the molecule is CC[C@H](Oc1ccccc1Cl)C(=O)N1CCN(c2ccc(OC)cc2)CC1. The van der Waals surface area contributed by atoms with Crippen molar-refractivity contribution >= 4 is 23.2 Å². The van der Waals surface area contributed by atoms with Crippen molar-refractivity contribution in [2.45, 2.75) is 19.4 Å². The minimum Gasteiger partial charge on any atom is -0.497 e. The standard InChI is InChI=1S/C21H25ClN2O3/c1-3-19(27-20-7-5-4-6-18(20)22)21(25)24-14-12-23(13-15-24)16-8-10-17(26-2)11-9-16/h4-11,19H,3,12-15H2,1-2H3/t19-/m0/s1. The van der Waals surface area contributed by atoms with Crippen molar-refractivity contribution in [1.29, 1.82) is 0 Å². The van der Waals surface area contributed by atoms with Crippen LogP contribution in [0.4, 0.5) is 5.69 Å². The first-order valence-corrected chi connectivity index (χ1v) is 9.59. The number of amides is 1. The molecule has 0 saturated carbocycles. The van der Waals surface area contributed by atoms with Gasteiger partial charge in [-0.3, -0.25) is 4.79 Å². The van der Waals surface area contributed by atoms with Crippen molar-refractivity contribution in [3.8, 4) is 11.5 Å². The summed E-state index contributed by atoms with van der Waals surface area (Å²) >= 11 is 6.16. The molecule has 1 amide bonds. The molecule has 1 aliphatic heterocycles. The van der Waals surface area contributed by atoms with Crippen LogP contribution in [0.25, 0.3) is 0 Å². The number of hydrogen-bond acceptors (Lipinski definition) is 4. The Morgan fingerprint density at radius 1 is 1.07 bits per heavy atom. The highest BCUT2D eigenvalue weighted by molar-refractivity contribution is 6.32. The molecule has 0 radical (unpaired) electrons. The Morgan fingerprint density at radius 3 is 2.33 bits per heavy atom. The largest absolute Gasteiger partial charge is 0.497 e. The zero-order valence-electron chi connectivity index (χ0n) is 15.7. The van der Waals surface area contributed by atoms with Gasteiger partial charge in [-0.05, 0) is 42.8 Å². The number of anilines is 1. The summed E-state index contributed by atoms with van der Waals surface area (Å²) < 4.78 is 11.1. The molecule has 0 spiro atoms. The van der Waals surface area contributed by atoms with Crippen LogP contribution in [-0.4, -0.2) is 50.2 Å². The Labute approximate surface area is 165 Å². The highest BCUT2D eigenvalue weighted by atomic mass is 35.5. The number of benzene rings is 2. The molecule has 5 nitrogen and oxygen atoms in total. The number of hydrogen-bond donors (Lipinski definition) is 0. The van der Waals surface area contributed by atoms with Crippen molar-refractivity contribution in [1.82, 2.24) is 4.90 Å². The number of carbonyl (C=O) groups excluding carboxylic acids is 1. The van der Waals surface area contributed by atoms with Crippen LogP contribution in [0.15, 0.2) is 48.5 Å².